The summed E-state index contributed by atoms with van der Waals surface area (Å²) < 4.78 is 17.5. The maximum absolute atomic E-state index is 11.9. The smallest absolute Gasteiger partial charge is 0.280 e. The zero-order valence-corrected chi connectivity index (χ0v) is 15.9. The molecule has 15 nitrogen and oxygen atoms in total. The summed E-state index contributed by atoms with van der Waals surface area (Å²) >= 11 is 0. The summed E-state index contributed by atoms with van der Waals surface area (Å²) in [4.78, 5) is 22.1. The monoisotopic (exact) mass is 445 g/mol. The zero-order chi connectivity index (χ0) is 22.4. The summed E-state index contributed by atoms with van der Waals surface area (Å²) in [6.45, 7) is -1.02. The molecule has 2 saturated heterocycles. The number of nitrogens with zero attached hydrogens (tertiary/aromatic N) is 3. The lowest BCUT2D eigenvalue weighted by molar-refractivity contribution is -0.306. The number of aromatic nitrogens is 4. The topological polar surface area (TPSA) is 239 Å². The van der Waals surface area contributed by atoms with Crippen molar-refractivity contribution >= 4 is 17.1 Å². The molecule has 31 heavy (non-hydrogen) atoms. The van der Waals surface area contributed by atoms with E-state index in [2.05, 4.69) is 15.0 Å². The molecule has 0 aliphatic carbocycles. The van der Waals surface area contributed by atoms with Crippen LogP contribution in [0, 0.1) is 0 Å². The van der Waals surface area contributed by atoms with Crippen molar-refractivity contribution < 1.29 is 44.8 Å². The average molecular weight is 445 g/mol. The van der Waals surface area contributed by atoms with E-state index in [1.165, 1.54) is 10.9 Å². The molecule has 2 aromatic rings. The zero-order valence-electron chi connectivity index (χ0n) is 15.9. The third kappa shape index (κ3) is 3.79. The highest BCUT2D eigenvalue weighted by Crippen LogP contribution is 2.32. The van der Waals surface area contributed by atoms with E-state index in [0.717, 1.165) is 0 Å². The summed E-state index contributed by atoms with van der Waals surface area (Å²) in [6, 6.07) is 0. The Morgan fingerprint density at radius 2 is 1.77 bits per heavy atom. The molecule has 0 saturated carbocycles. The Labute approximate surface area is 173 Å². The summed E-state index contributed by atoms with van der Waals surface area (Å²) in [5, 5.41) is 59.7. The highest BCUT2D eigenvalue weighted by Gasteiger charge is 2.47. The van der Waals surface area contributed by atoms with Gasteiger partial charge in [0.15, 0.2) is 23.7 Å². The molecule has 2 fully saturated rings. The van der Waals surface area contributed by atoms with Crippen molar-refractivity contribution in [2.45, 2.75) is 55.2 Å². The Hall–Kier alpha value is -2.21. The lowest BCUT2D eigenvalue weighted by Crippen LogP contribution is -2.59. The molecule has 4 heterocycles. The van der Waals surface area contributed by atoms with Gasteiger partial charge in [-0.3, -0.25) is 14.3 Å². The number of hydrogen-bond acceptors (Lipinski definition) is 13. The molecule has 0 radical (unpaired) electrons. The highest BCUT2D eigenvalue weighted by molar-refractivity contribution is 5.70. The Bertz CT molecular complexity index is 981. The van der Waals surface area contributed by atoms with Crippen molar-refractivity contribution in [3.63, 3.8) is 0 Å². The number of aliphatic hydroxyl groups is 6. The number of nitrogens with two attached hydrogens (primary N) is 1. The van der Waals surface area contributed by atoms with E-state index in [1.54, 1.807) is 0 Å². The minimum absolute atomic E-state index is 0.0352. The van der Waals surface area contributed by atoms with E-state index in [1.807, 2.05) is 0 Å². The van der Waals surface area contributed by atoms with E-state index in [0.29, 0.717) is 0 Å². The number of nitrogens with one attached hydrogen (secondary N) is 1. The number of ether oxygens (including phenoxy) is 3. The molecule has 3 unspecified atom stereocenters. The van der Waals surface area contributed by atoms with Gasteiger partial charge in [0.1, 0.15) is 42.7 Å². The van der Waals surface area contributed by atoms with E-state index in [-0.39, 0.29) is 23.7 Å². The molecule has 2 aromatic heterocycles. The van der Waals surface area contributed by atoms with E-state index < -0.39 is 67.4 Å². The van der Waals surface area contributed by atoms with Gasteiger partial charge >= 0.3 is 0 Å². The predicted octanol–water partition coefficient (Wildman–Crippen LogP) is -4.86. The summed E-state index contributed by atoms with van der Waals surface area (Å²) in [7, 11) is 0. The first-order valence-corrected chi connectivity index (χ1v) is 9.39. The lowest BCUT2D eigenvalue weighted by atomic mass is 9.99. The van der Waals surface area contributed by atoms with Crippen LogP contribution in [0.2, 0.25) is 0 Å². The molecule has 15 heteroatoms. The fourth-order valence-corrected chi connectivity index (χ4v) is 3.62. The van der Waals surface area contributed by atoms with Crippen molar-refractivity contribution in [2.24, 2.45) is 0 Å². The quantitative estimate of drug-likeness (QED) is 0.216. The van der Waals surface area contributed by atoms with Gasteiger partial charge in [-0.2, -0.15) is 4.98 Å². The van der Waals surface area contributed by atoms with Crippen LogP contribution in [0.4, 0.5) is 5.95 Å². The number of imidazole rings is 1. The number of aromatic amines is 1. The maximum Gasteiger partial charge on any atom is 0.280 e. The Kier molecular flexibility index (Phi) is 5.95. The second kappa shape index (κ2) is 8.38. The van der Waals surface area contributed by atoms with Gasteiger partial charge in [-0.05, 0) is 0 Å². The molecular weight excluding hydrogens is 422 g/mol. The molecule has 0 bridgehead atoms. The van der Waals surface area contributed by atoms with Gasteiger partial charge in [-0.1, -0.05) is 0 Å². The van der Waals surface area contributed by atoms with Gasteiger partial charge in [0.05, 0.1) is 19.5 Å². The molecule has 172 valence electrons. The van der Waals surface area contributed by atoms with Crippen LogP contribution in [0.3, 0.4) is 0 Å². The van der Waals surface area contributed by atoms with Crippen LogP contribution in [-0.2, 0) is 14.2 Å². The maximum atomic E-state index is 11.9. The fraction of sp³-hybridized carbons (Fsp3) is 0.688. The number of nitrogen functional groups attached to an aromatic ring is 1. The molecule has 9 N–H and O–H groups in total. The van der Waals surface area contributed by atoms with Crippen LogP contribution in [0.25, 0.3) is 11.2 Å². The van der Waals surface area contributed by atoms with Crippen LogP contribution in [-0.4, -0.2) is 112 Å². The number of hydrogen-bond donors (Lipinski definition) is 8. The van der Waals surface area contributed by atoms with Gasteiger partial charge < -0.3 is 50.6 Å². The fourth-order valence-electron chi connectivity index (χ4n) is 3.62. The van der Waals surface area contributed by atoms with Gasteiger partial charge in [0.2, 0.25) is 5.95 Å². The Balaban J connectivity index is 1.48. The first-order chi connectivity index (χ1) is 14.7. The number of rotatable bonds is 5. The molecule has 2 aliphatic heterocycles. The Morgan fingerprint density at radius 1 is 1.06 bits per heavy atom. The molecule has 0 spiro atoms. The van der Waals surface area contributed by atoms with E-state index in [4.69, 9.17) is 19.9 Å². The SMILES string of the molecule is Nc1nc2c(ncn2[C@@H]2O[C@H](COC3O[C@H](CO)[C@@H](O)[C@H](O)[C@H]3O)C(O)C2O)c(=O)[nH]1. The lowest BCUT2D eigenvalue weighted by Gasteiger charge is -2.39. The molecule has 2 aliphatic rings. The second-order valence-corrected chi connectivity index (χ2v) is 7.35. The van der Waals surface area contributed by atoms with Crippen LogP contribution in [0.5, 0.6) is 0 Å². The van der Waals surface area contributed by atoms with Crippen LogP contribution < -0.4 is 11.3 Å². The van der Waals surface area contributed by atoms with Crippen molar-refractivity contribution in [2.75, 3.05) is 18.9 Å². The third-order valence-electron chi connectivity index (χ3n) is 5.34. The summed E-state index contributed by atoms with van der Waals surface area (Å²) in [6.07, 6.45) is -11.4. The van der Waals surface area contributed by atoms with Crippen LogP contribution >= 0.6 is 0 Å². The molecule has 9 atom stereocenters. The number of anilines is 1. The van der Waals surface area contributed by atoms with Crippen molar-refractivity contribution in [1.82, 2.24) is 19.5 Å². The molecule has 0 aromatic carbocycles. The van der Waals surface area contributed by atoms with E-state index in [9.17, 15) is 35.4 Å². The minimum atomic E-state index is -1.63. The van der Waals surface area contributed by atoms with Gasteiger partial charge in [-0.25, -0.2) is 4.98 Å². The van der Waals surface area contributed by atoms with Crippen LogP contribution in [0.1, 0.15) is 6.23 Å². The Morgan fingerprint density at radius 3 is 2.48 bits per heavy atom. The first kappa shape index (κ1) is 22.0. The molecule has 4 rings (SSSR count). The van der Waals surface area contributed by atoms with Crippen molar-refractivity contribution in [3.05, 3.63) is 16.7 Å². The number of fused-ring (bicyclic) bond motifs is 1. The van der Waals surface area contributed by atoms with Gasteiger partial charge in [0.25, 0.3) is 5.56 Å². The number of aliphatic hydroxyl groups excluding tert-OH is 6. The summed E-state index contributed by atoms with van der Waals surface area (Å²) in [5.41, 5.74) is 4.96. The third-order valence-corrected chi connectivity index (χ3v) is 5.34. The highest BCUT2D eigenvalue weighted by atomic mass is 16.7. The number of H-pyrrole nitrogens is 1. The van der Waals surface area contributed by atoms with E-state index >= 15 is 0 Å². The van der Waals surface area contributed by atoms with Crippen molar-refractivity contribution in [3.8, 4) is 0 Å². The first-order valence-electron chi connectivity index (χ1n) is 9.39. The largest absolute Gasteiger partial charge is 0.394 e. The second-order valence-electron chi connectivity index (χ2n) is 7.35. The predicted molar refractivity (Wildman–Crippen MR) is 98.2 cm³/mol. The van der Waals surface area contributed by atoms with Gasteiger partial charge in [-0.15, -0.1) is 0 Å². The molecule has 0 amide bonds. The van der Waals surface area contributed by atoms with Crippen LogP contribution in [0.15, 0.2) is 11.1 Å². The average Bonchev–Trinajstić information content (AvgIpc) is 3.27. The summed E-state index contributed by atoms with van der Waals surface area (Å²) in [5.74, 6) is -0.171. The van der Waals surface area contributed by atoms with Gasteiger partial charge in [0, 0.05) is 0 Å². The van der Waals surface area contributed by atoms with Crippen molar-refractivity contribution in [1.29, 1.82) is 0 Å². The standard InChI is InChI=1S/C16H23N5O10/c17-16-19-12-6(13(28)20-16)18-3-21(12)14-10(26)8(24)5(30-14)2-29-15-11(27)9(25)7(23)4(1-22)31-15/h3-5,7-11,14-15,22-27H,1-2H2,(H3,17,19,20,28)/t4-,5-,7-,8?,9+,10?,11-,14-,15?/m1/s1. The minimum Gasteiger partial charge on any atom is -0.394 e. The normalized spacial score (nSPS) is 38.7. The molecular formula is C16H23N5O10.